The summed E-state index contributed by atoms with van der Waals surface area (Å²) in [7, 11) is -3.55. The lowest BCUT2D eigenvalue weighted by atomic mass is 10.0. The molecule has 8 heteroatoms. The fourth-order valence-corrected chi connectivity index (χ4v) is 6.66. The summed E-state index contributed by atoms with van der Waals surface area (Å²) in [5.74, 6) is 0.775. The molecule has 3 atom stereocenters. The number of benzene rings is 1. The average Bonchev–Trinajstić information content (AvgIpc) is 3.07. The van der Waals surface area contributed by atoms with E-state index in [1.54, 1.807) is 30.3 Å². The lowest BCUT2D eigenvalue weighted by molar-refractivity contribution is 0.0956. The smallest absolute Gasteiger partial charge is 0.247 e. The van der Waals surface area contributed by atoms with Gasteiger partial charge in [0.05, 0.1) is 11.4 Å². The summed E-state index contributed by atoms with van der Waals surface area (Å²) < 4.78 is 34.3. The summed E-state index contributed by atoms with van der Waals surface area (Å²) >= 11 is 5.92. The molecule has 26 heavy (non-hydrogen) atoms. The van der Waals surface area contributed by atoms with Crippen LogP contribution < -0.4 is 4.74 Å². The molecule has 0 aliphatic carbocycles. The number of rotatable bonds is 4. The molecule has 6 nitrogen and oxygen atoms in total. The van der Waals surface area contributed by atoms with Crippen LogP contribution in [0.15, 0.2) is 29.2 Å². The van der Waals surface area contributed by atoms with E-state index in [0.29, 0.717) is 34.1 Å². The number of sulfonamides is 1. The summed E-state index contributed by atoms with van der Waals surface area (Å²) in [6.07, 6.45) is 3.18. The Morgan fingerprint density at radius 2 is 1.77 bits per heavy atom. The van der Waals surface area contributed by atoms with Crippen LogP contribution in [0.4, 0.5) is 0 Å². The summed E-state index contributed by atoms with van der Waals surface area (Å²) in [5, 5.41) is 7.52. The SMILES string of the molecule is Cc1n[nH]c(C)c1S(=O)(=O)N1[C@@H]2CC[C@H]1C[C@H](Oc1ccc(Cl)cc1)C2. The zero-order chi connectivity index (χ0) is 18.5. The highest BCUT2D eigenvalue weighted by molar-refractivity contribution is 7.89. The fraction of sp³-hybridized carbons (Fsp3) is 0.500. The van der Waals surface area contributed by atoms with Gasteiger partial charge in [0.1, 0.15) is 16.7 Å². The van der Waals surface area contributed by atoms with Gasteiger partial charge in [-0.1, -0.05) is 11.6 Å². The molecule has 0 unspecified atom stereocenters. The zero-order valence-corrected chi connectivity index (χ0v) is 16.3. The van der Waals surface area contributed by atoms with Gasteiger partial charge in [-0.25, -0.2) is 8.42 Å². The maximum absolute atomic E-state index is 13.3. The predicted molar refractivity (Wildman–Crippen MR) is 99.0 cm³/mol. The van der Waals surface area contributed by atoms with Gasteiger partial charge >= 0.3 is 0 Å². The van der Waals surface area contributed by atoms with Gasteiger partial charge in [0.25, 0.3) is 0 Å². The van der Waals surface area contributed by atoms with Crippen molar-refractivity contribution in [3.8, 4) is 5.75 Å². The summed E-state index contributed by atoms with van der Waals surface area (Å²) in [4.78, 5) is 0.325. The standard InChI is InChI=1S/C18H22ClN3O3S/c1-11-18(12(2)21-20-11)26(23,24)22-14-5-6-15(22)10-17(9-14)25-16-7-3-13(19)4-8-16/h3-4,7-8,14-15,17H,5-6,9-10H2,1-2H3,(H,20,21)/t14-,15+,17-. The molecular weight excluding hydrogens is 374 g/mol. The predicted octanol–water partition coefficient (Wildman–Crippen LogP) is 3.44. The average molecular weight is 396 g/mol. The van der Waals surface area contributed by atoms with Gasteiger partial charge in [-0.15, -0.1) is 0 Å². The first kappa shape index (κ1) is 17.8. The van der Waals surface area contributed by atoms with Gasteiger partial charge in [-0.2, -0.15) is 9.40 Å². The van der Waals surface area contributed by atoms with Crippen molar-refractivity contribution < 1.29 is 13.2 Å². The number of ether oxygens (including phenoxy) is 1. The maximum Gasteiger partial charge on any atom is 0.247 e. The Labute approximate surface area is 158 Å². The Balaban J connectivity index is 1.55. The van der Waals surface area contributed by atoms with Crippen molar-refractivity contribution in [2.75, 3.05) is 0 Å². The molecule has 2 fully saturated rings. The van der Waals surface area contributed by atoms with Crippen molar-refractivity contribution in [2.45, 2.75) is 62.6 Å². The normalized spacial score (nSPS) is 26.2. The molecule has 1 aromatic carbocycles. The number of H-pyrrole nitrogens is 1. The van der Waals surface area contributed by atoms with Crippen molar-refractivity contribution in [3.63, 3.8) is 0 Å². The Morgan fingerprint density at radius 3 is 2.31 bits per heavy atom. The van der Waals surface area contributed by atoms with E-state index in [4.69, 9.17) is 16.3 Å². The number of aryl methyl sites for hydroxylation is 2. The maximum atomic E-state index is 13.3. The van der Waals surface area contributed by atoms with Crippen LogP contribution in [-0.2, 0) is 10.0 Å². The quantitative estimate of drug-likeness (QED) is 0.860. The Hall–Kier alpha value is -1.57. The van der Waals surface area contributed by atoms with E-state index >= 15 is 0 Å². The lowest BCUT2D eigenvalue weighted by Gasteiger charge is -2.37. The van der Waals surface area contributed by atoms with Crippen LogP contribution in [-0.4, -0.2) is 41.1 Å². The molecule has 3 heterocycles. The number of halogens is 1. The minimum absolute atomic E-state index is 0.0201. The molecule has 2 aliphatic rings. The van der Waals surface area contributed by atoms with Crippen LogP contribution in [0.3, 0.4) is 0 Å². The van der Waals surface area contributed by atoms with E-state index in [0.717, 1.165) is 18.6 Å². The number of piperidine rings is 1. The van der Waals surface area contributed by atoms with E-state index < -0.39 is 10.0 Å². The number of hydrogen-bond acceptors (Lipinski definition) is 4. The summed E-state index contributed by atoms with van der Waals surface area (Å²) in [6, 6.07) is 7.26. The van der Waals surface area contributed by atoms with Crippen molar-refractivity contribution in [3.05, 3.63) is 40.7 Å². The minimum atomic E-state index is -3.55. The molecule has 140 valence electrons. The van der Waals surface area contributed by atoms with Crippen LogP contribution in [0.5, 0.6) is 5.75 Å². The molecule has 1 N–H and O–H groups in total. The van der Waals surface area contributed by atoms with Crippen LogP contribution >= 0.6 is 11.6 Å². The summed E-state index contributed by atoms with van der Waals surface area (Å²) in [6.45, 7) is 3.49. The number of aromatic amines is 1. The van der Waals surface area contributed by atoms with E-state index in [1.807, 2.05) is 12.1 Å². The van der Waals surface area contributed by atoms with Gasteiger partial charge in [-0.3, -0.25) is 5.10 Å². The number of nitrogens with one attached hydrogen (secondary N) is 1. The monoisotopic (exact) mass is 395 g/mol. The van der Waals surface area contributed by atoms with Gasteiger partial charge in [0, 0.05) is 29.9 Å². The Bertz CT molecular complexity index is 877. The molecule has 2 aromatic rings. The number of nitrogens with zero attached hydrogens (tertiary/aromatic N) is 2. The van der Waals surface area contributed by atoms with Crippen LogP contribution in [0.25, 0.3) is 0 Å². The van der Waals surface area contributed by atoms with Crippen LogP contribution in [0, 0.1) is 13.8 Å². The number of fused-ring (bicyclic) bond motifs is 2. The first-order valence-electron chi connectivity index (χ1n) is 8.83. The Morgan fingerprint density at radius 1 is 1.15 bits per heavy atom. The highest BCUT2D eigenvalue weighted by Gasteiger charge is 2.48. The Kier molecular flexibility index (Phi) is 4.49. The molecule has 2 saturated heterocycles. The highest BCUT2D eigenvalue weighted by atomic mass is 35.5. The molecule has 4 rings (SSSR count). The summed E-state index contributed by atoms with van der Waals surface area (Å²) in [5.41, 5.74) is 1.13. The van der Waals surface area contributed by atoms with E-state index in [-0.39, 0.29) is 18.2 Å². The fourth-order valence-electron chi connectivity index (χ4n) is 4.30. The molecule has 0 amide bonds. The van der Waals surface area contributed by atoms with Crippen molar-refractivity contribution in [1.82, 2.24) is 14.5 Å². The molecule has 0 radical (unpaired) electrons. The topological polar surface area (TPSA) is 75.3 Å². The van der Waals surface area contributed by atoms with E-state index in [1.165, 1.54) is 0 Å². The molecule has 2 bridgehead atoms. The second kappa shape index (κ2) is 6.55. The number of aromatic nitrogens is 2. The molecule has 1 aromatic heterocycles. The molecule has 0 spiro atoms. The second-order valence-electron chi connectivity index (χ2n) is 7.15. The molecule has 0 saturated carbocycles. The van der Waals surface area contributed by atoms with Crippen molar-refractivity contribution in [1.29, 1.82) is 0 Å². The van der Waals surface area contributed by atoms with Gasteiger partial charge in [-0.05, 0) is 51.0 Å². The van der Waals surface area contributed by atoms with E-state index in [2.05, 4.69) is 10.2 Å². The third-order valence-electron chi connectivity index (χ3n) is 5.34. The van der Waals surface area contributed by atoms with Crippen LogP contribution in [0.1, 0.15) is 37.1 Å². The van der Waals surface area contributed by atoms with Gasteiger partial charge in [0.15, 0.2) is 0 Å². The van der Waals surface area contributed by atoms with Crippen molar-refractivity contribution in [2.24, 2.45) is 0 Å². The largest absolute Gasteiger partial charge is 0.490 e. The van der Waals surface area contributed by atoms with Crippen molar-refractivity contribution >= 4 is 21.6 Å². The third-order valence-corrected chi connectivity index (χ3v) is 7.86. The zero-order valence-electron chi connectivity index (χ0n) is 14.8. The van der Waals surface area contributed by atoms with Gasteiger partial charge in [0.2, 0.25) is 10.0 Å². The highest BCUT2D eigenvalue weighted by Crippen LogP contribution is 2.41. The first-order chi connectivity index (χ1) is 12.4. The lowest BCUT2D eigenvalue weighted by Crippen LogP contribution is -2.49. The second-order valence-corrected chi connectivity index (χ2v) is 9.36. The van der Waals surface area contributed by atoms with E-state index in [9.17, 15) is 8.42 Å². The minimum Gasteiger partial charge on any atom is -0.490 e. The number of hydrogen-bond donors (Lipinski definition) is 1. The third kappa shape index (κ3) is 3.02. The molecular formula is C18H22ClN3O3S. The van der Waals surface area contributed by atoms with Crippen LogP contribution in [0.2, 0.25) is 5.02 Å². The first-order valence-corrected chi connectivity index (χ1v) is 10.7. The molecule has 2 aliphatic heterocycles. The van der Waals surface area contributed by atoms with Gasteiger partial charge < -0.3 is 4.74 Å².